The van der Waals surface area contributed by atoms with Gasteiger partial charge in [0, 0.05) is 37.5 Å². The SMILES string of the molecule is O=C(C=Cc1ccc(C=CC(=O)c2ccc(CN3CCOCC3)cc2)cn1)NO. The zero-order valence-corrected chi connectivity index (χ0v) is 16.0. The molecule has 150 valence electrons. The number of aromatic nitrogens is 1. The summed E-state index contributed by atoms with van der Waals surface area (Å²) in [6.07, 6.45) is 7.46. The molecule has 1 amide bonds. The summed E-state index contributed by atoms with van der Waals surface area (Å²) in [5.41, 5.74) is 4.65. The van der Waals surface area contributed by atoms with Crippen LogP contribution in [-0.2, 0) is 16.1 Å². The minimum atomic E-state index is -0.627. The number of hydrogen-bond acceptors (Lipinski definition) is 6. The molecular weight excluding hydrogens is 370 g/mol. The number of ether oxygens (including phenoxy) is 1. The first-order valence-corrected chi connectivity index (χ1v) is 9.34. The lowest BCUT2D eigenvalue weighted by Gasteiger charge is -2.26. The molecule has 2 N–H and O–H groups in total. The summed E-state index contributed by atoms with van der Waals surface area (Å²) in [4.78, 5) is 29.9. The number of hydrogen-bond donors (Lipinski definition) is 2. The number of allylic oxidation sites excluding steroid dienone is 1. The van der Waals surface area contributed by atoms with E-state index in [1.54, 1.807) is 24.4 Å². The van der Waals surface area contributed by atoms with E-state index in [0.29, 0.717) is 11.3 Å². The second kappa shape index (κ2) is 10.4. The number of morpholine rings is 1. The molecule has 1 aromatic heterocycles. The maximum atomic E-state index is 12.4. The first-order chi connectivity index (χ1) is 14.1. The molecule has 1 aliphatic heterocycles. The van der Waals surface area contributed by atoms with E-state index < -0.39 is 5.91 Å². The Morgan fingerprint density at radius 2 is 1.83 bits per heavy atom. The van der Waals surface area contributed by atoms with Crippen molar-refractivity contribution in [3.63, 3.8) is 0 Å². The summed E-state index contributed by atoms with van der Waals surface area (Å²) in [5.74, 6) is -0.705. The van der Waals surface area contributed by atoms with Crippen LogP contribution in [-0.4, -0.2) is 53.1 Å². The van der Waals surface area contributed by atoms with Crippen LogP contribution in [0.1, 0.15) is 27.2 Å². The van der Waals surface area contributed by atoms with Crippen LogP contribution in [0, 0.1) is 0 Å². The predicted molar refractivity (Wildman–Crippen MR) is 109 cm³/mol. The fourth-order valence-electron chi connectivity index (χ4n) is 2.87. The lowest BCUT2D eigenvalue weighted by molar-refractivity contribution is -0.124. The Morgan fingerprint density at radius 3 is 2.48 bits per heavy atom. The van der Waals surface area contributed by atoms with Gasteiger partial charge in [0.25, 0.3) is 5.91 Å². The van der Waals surface area contributed by atoms with E-state index >= 15 is 0 Å². The van der Waals surface area contributed by atoms with Crippen molar-refractivity contribution in [2.75, 3.05) is 26.3 Å². The summed E-state index contributed by atoms with van der Waals surface area (Å²) in [7, 11) is 0. The van der Waals surface area contributed by atoms with Gasteiger partial charge in [-0.2, -0.15) is 0 Å². The van der Waals surface area contributed by atoms with Crippen molar-refractivity contribution in [2.45, 2.75) is 6.54 Å². The van der Waals surface area contributed by atoms with E-state index in [0.717, 1.165) is 38.4 Å². The van der Waals surface area contributed by atoms with Crippen molar-refractivity contribution < 1.29 is 19.5 Å². The van der Waals surface area contributed by atoms with Crippen molar-refractivity contribution in [1.29, 1.82) is 0 Å². The number of amides is 1. The number of nitrogens with one attached hydrogen (secondary N) is 1. The van der Waals surface area contributed by atoms with Crippen LogP contribution < -0.4 is 5.48 Å². The number of rotatable bonds is 7. The van der Waals surface area contributed by atoms with Gasteiger partial charge in [-0.3, -0.25) is 24.7 Å². The predicted octanol–water partition coefficient (Wildman–Crippen LogP) is 2.33. The topological polar surface area (TPSA) is 91.8 Å². The fourth-order valence-corrected chi connectivity index (χ4v) is 2.87. The van der Waals surface area contributed by atoms with Crippen LogP contribution in [0.5, 0.6) is 0 Å². The van der Waals surface area contributed by atoms with Crippen molar-refractivity contribution in [3.05, 3.63) is 77.1 Å². The Hall–Kier alpha value is -3.13. The molecule has 1 aromatic carbocycles. The van der Waals surface area contributed by atoms with Crippen molar-refractivity contribution in [3.8, 4) is 0 Å². The van der Waals surface area contributed by atoms with Gasteiger partial charge in [0.05, 0.1) is 18.9 Å². The minimum Gasteiger partial charge on any atom is -0.379 e. The summed E-state index contributed by atoms with van der Waals surface area (Å²) in [5, 5.41) is 8.44. The van der Waals surface area contributed by atoms with Gasteiger partial charge >= 0.3 is 0 Å². The van der Waals surface area contributed by atoms with Gasteiger partial charge in [-0.05, 0) is 35.4 Å². The van der Waals surface area contributed by atoms with Crippen LogP contribution >= 0.6 is 0 Å². The van der Waals surface area contributed by atoms with Crippen LogP contribution in [0.25, 0.3) is 12.2 Å². The Morgan fingerprint density at radius 1 is 1.07 bits per heavy atom. The highest BCUT2D eigenvalue weighted by atomic mass is 16.5. The molecule has 1 fully saturated rings. The molecule has 3 rings (SSSR count). The average Bonchev–Trinajstić information content (AvgIpc) is 2.77. The summed E-state index contributed by atoms with van der Waals surface area (Å²) < 4.78 is 5.36. The lowest BCUT2D eigenvalue weighted by Crippen LogP contribution is -2.35. The highest BCUT2D eigenvalue weighted by molar-refractivity contribution is 6.06. The summed E-state index contributed by atoms with van der Waals surface area (Å²) in [6.45, 7) is 4.26. The first kappa shape index (κ1) is 20.6. The smallest absolute Gasteiger partial charge is 0.267 e. The van der Waals surface area contributed by atoms with E-state index in [-0.39, 0.29) is 5.78 Å². The van der Waals surface area contributed by atoms with E-state index in [2.05, 4.69) is 9.88 Å². The Kier molecular flexibility index (Phi) is 7.40. The number of carbonyl (C=O) groups is 2. The van der Waals surface area contributed by atoms with Crippen LogP contribution in [0.2, 0.25) is 0 Å². The van der Waals surface area contributed by atoms with E-state index in [9.17, 15) is 9.59 Å². The Bertz CT molecular complexity index is 883. The van der Waals surface area contributed by atoms with E-state index in [4.69, 9.17) is 9.94 Å². The molecule has 7 nitrogen and oxygen atoms in total. The molecule has 0 bridgehead atoms. The maximum Gasteiger partial charge on any atom is 0.267 e. The molecule has 0 aliphatic carbocycles. The highest BCUT2D eigenvalue weighted by Crippen LogP contribution is 2.11. The van der Waals surface area contributed by atoms with Crippen molar-refractivity contribution in [2.24, 2.45) is 0 Å². The number of benzene rings is 1. The first-order valence-electron chi connectivity index (χ1n) is 9.34. The molecule has 0 atom stereocenters. The van der Waals surface area contributed by atoms with Crippen LogP contribution in [0.4, 0.5) is 0 Å². The second-order valence-electron chi connectivity index (χ2n) is 6.61. The summed E-state index contributed by atoms with van der Waals surface area (Å²) >= 11 is 0. The van der Waals surface area contributed by atoms with Crippen LogP contribution in [0.15, 0.2) is 54.7 Å². The molecule has 0 unspecified atom stereocenters. The molecule has 1 saturated heterocycles. The average molecular weight is 393 g/mol. The number of hydroxylamine groups is 1. The highest BCUT2D eigenvalue weighted by Gasteiger charge is 2.11. The quantitative estimate of drug-likeness (QED) is 0.325. The number of pyridine rings is 1. The monoisotopic (exact) mass is 393 g/mol. The number of carbonyl (C=O) groups excluding carboxylic acids is 2. The second-order valence-corrected chi connectivity index (χ2v) is 6.61. The number of ketones is 1. The van der Waals surface area contributed by atoms with Gasteiger partial charge in [0.1, 0.15) is 0 Å². The fraction of sp³-hybridized carbons (Fsp3) is 0.227. The molecular formula is C22H23N3O4. The van der Waals surface area contributed by atoms with Gasteiger partial charge in [-0.15, -0.1) is 0 Å². The van der Waals surface area contributed by atoms with Crippen molar-refractivity contribution >= 4 is 23.8 Å². The standard InChI is InChI=1S/C22H23N3O4/c26-21(9-4-17-3-7-20(23-15-17)8-10-22(27)24-28)19-5-1-18(2-6-19)16-25-11-13-29-14-12-25/h1-10,15,28H,11-14,16H2,(H,24,27). The van der Waals surface area contributed by atoms with Crippen molar-refractivity contribution in [1.82, 2.24) is 15.4 Å². The van der Waals surface area contributed by atoms with Gasteiger partial charge in [-0.25, -0.2) is 5.48 Å². The van der Waals surface area contributed by atoms with Gasteiger partial charge < -0.3 is 4.74 Å². The third kappa shape index (κ3) is 6.46. The lowest BCUT2D eigenvalue weighted by atomic mass is 10.1. The molecule has 0 spiro atoms. The molecule has 2 aromatic rings. The van der Waals surface area contributed by atoms with E-state index in [1.165, 1.54) is 29.3 Å². The van der Waals surface area contributed by atoms with Gasteiger partial charge in [0.2, 0.25) is 0 Å². The molecule has 7 heteroatoms. The molecule has 1 aliphatic rings. The molecule has 29 heavy (non-hydrogen) atoms. The molecule has 0 saturated carbocycles. The zero-order valence-electron chi connectivity index (χ0n) is 16.0. The third-order valence-electron chi connectivity index (χ3n) is 4.50. The molecule has 2 heterocycles. The van der Waals surface area contributed by atoms with Crippen LogP contribution in [0.3, 0.4) is 0 Å². The van der Waals surface area contributed by atoms with Gasteiger partial charge in [-0.1, -0.05) is 30.3 Å². The third-order valence-corrected chi connectivity index (χ3v) is 4.50. The Balaban J connectivity index is 1.55. The minimum absolute atomic E-state index is 0.0773. The largest absolute Gasteiger partial charge is 0.379 e. The zero-order chi connectivity index (χ0) is 20.5. The summed E-state index contributed by atoms with van der Waals surface area (Å²) in [6, 6.07) is 11.2. The van der Waals surface area contributed by atoms with E-state index in [1.807, 2.05) is 24.3 Å². The number of nitrogens with zero attached hydrogens (tertiary/aromatic N) is 2. The maximum absolute atomic E-state index is 12.4. The Labute approximate surface area is 169 Å². The molecule has 0 radical (unpaired) electrons. The van der Waals surface area contributed by atoms with Gasteiger partial charge in [0.15, 0.2) is 5.78 Å². The normalized spacial score (nSPS) is 15.1.